The fraction of sp³-hybridized carbons (Fsp3) is 0.526. The van der Waals surface area contributed by atoms with Gasteiger partial charge in [0.15, 0.2) is 0 Å². The Hall–Kier alpha value is -2.30. The van der Waals surface area contributed by atoms with Gasteiger partial charge in [0, 0.05) is 32.6 Å². The van der Waals surface area contributed by atoms with Crippen LogP contribution in [0.3, 0.4) is 0 Å². The van der Waals surface area contributed by atoms with Crippen molar-refractivity contribution in [3.8, 4) is 0 Å². The molecule has 2 unspecified atom stereocenters. The van der Waals surface area contributed by atoms with Crippen LogP contribution in [0.2, 0.25) is 0 Å². The number of imide groups is 1. The molecule has 1 N–H and O–H groups in total. The van der Waals surface area contributed by atoms with E-state index in [0.29, 0.717) is 24.2 Å². The zero-order valence-electron chi connectivity index (χ0n) is 16.5. The smallest absolute Gasteiger partial charge is 0.261 e. The largest absolute Gasteiger partial charge is 0.373 e. The van der Waals surface area contributed by atoms with Gasteiger partial charge in [-0.15, -0.1) is 0 Å². The molecule has 2 atom stereocenters. The van der Waals surface area contributed by atoms with Crippen LogP contribution >= 0.6 is 0 Å². The Kier molecular flexibility index (Phi) is 6.35. The average Bonchev–Trinajstić information content (AvgIpc) is 2.90. The molecule has 0 radical (unpaired) electrons. The maximum atomic E-state index is 12.5. The van der Waals surface area contributed by atoms with E-state index in [2.05, 4.69) is 5.32 Å². The highest BCUT2D eigenvalue weighted by atomic mass is 32.2. The lowest BCUT2D eigenvalue weighted by molar-refractivity contribution is -0.121. The van der Waals surface area contributed by atoms with E-state index in [1.807, 2.05) is 13.8 Å². The Bertz CT molecular complexity index is 871. The van der Waals surface area contributed by atoms with Gasteiger partial charge >= 0.3 is 0 Å². The van der Waals surface area contributed by atoms with E-state index < -0.39 is 27.7 Å². The van der Waals surface area contributed by atoms with Crippen molar-refractivity contribution in [3.63, 3.8) is 0 Å². The standard InChI is InChI=1S/C19H25N3O6S/c1-13-11-21(12-14(2)28-13)29(26,27)10-8-20-17(23)7-9-22-18(24)15-5-3-4-6-16(15)19(22)25/h3-6,13-14H,7-12H2,1-2H3,(H,20,23). The Morgan fingerprint density at radius 1 is 1.10 bits per heavy atom. The molecule has 9 nitrogen and oxygen atoms in total. The summed E-state index contributed by atoms with van der Waals surface area (Å²) in [5.74, 6) is -1.47. The highest BCUT2D eigenvalue weighted by Gasteiger charge is 2.35. The second kappa shape index (κ2) is 8.60. The molecule has 0 bridgehead atoms. The van der Waals surface area contributed by atoms with Gasteiger partial charge in [-0.2, -0.15) is 4.31 Å². The summed E-state index contributed by atoms with van der Waals surface area (Å²) in [6.45, 7) is 4.13. The lowest BCUT2D eigenvalue weighted by Gasteiger charge is -2.34. The molecular formula is C19H25N3O6S. The van der Waals surface area contributed by atoms with Crippen molar-refractivity contribution in [3.05, 3.63) is 35.4 Å². The van der Waals surface area contributed by atoms with Gasteiger partial charge in [0.1, 0.15) is 0 Å². The third-order valence-electron chi connectivity index (χ3n) is 4.90. The zero-order chi connectivity index (χ0) is 21.2. The first-order chi connectivity index (χ1) is 13.7. The minimum Gasteiger partial charge on any atom is -0.373 e. The van der Waals surface area contributed by atoms with E-state index in [1.165, 1.54) is 4.31 Å². The molecular weight excluding hydrogens is 398 g/mol. The van der Waals surface area contributed by atoms with E-state index in [1.54, 1.807) is 24.3 Å². The summed E-state index contributed by atoms with van der Waals surface area (Å²) in [5.41, 5.74) is 0.663. The number of amides is 3. The van der Waals surface area contributed by atoms with Gasteiger partial charge in [-0.3, -0.25) is 19.3 Å². The summed E-state index contributed by atoms with van der Waals surface area (Å²) in [6, 6.07) is 6.51. The van der Waals surface area contributed by atoms with E-state index >= 15 is 0 Å². The van der Waals surface area contributed by atoms with Crippen LogP contribution in [-0.4, -0.2) is 79.5 Å². The highest BCUT2D eigenvalue weighted by Crippen LogP contribution is 2.22. The molecule has 1 fully saturated rings. The van der Waals surface area contributed by atoms with Gasteiger partial charge in [0.2, 0.25) is 15.9 Å². The fourth-order valence-corrected chi connectivity index (χ4v) is 5.04. The van der Waals surface area contributed by atoms with Gasteiger partial charge in [-0.1, -0.05) is 12.1 Å². The average molecular weight is 423 g/mol. The molecule has 0 aromatic heterocycles. The molecule has 29 heavy (non-hydrogen) atoms. The Labute approximate surface area is 170 Å². The third-order valence-corrected chi connectivity index (χ3v) is 6.71. The maximum absolute atomic E-state index is 12.5. The van der Waals surface area contributed by atoms with Gasteiger partial charge in [-0.05, 0) is 26.0 Å². The molecule has 2 aliphatic rings. The second-order valence-electron chi connectivity index (χ2n) is 7.30. The molecule has 2 aliphatic heterocycles. The van der Waals surface area contributed by atoms with Gasteiger partial charge in [-0.25, -0.2) is 8.42 Å². The van der Waals surface area contributed by atoms with Crippen LogP contribution in [0, 0.1) is 0 Å². The summed E-state index contributed by atoms with van der Waals surface area (Å²) in [5, 5.41) is 2.55. The van der Waals surface area contributed by atoms with Crippen molar-refractivity contribution < 1.29 is 27.5 Å². The van der Waals surface area contributed by atoms with Crippen LogP contribution < -0.4 is 5.32 Å². The van der Waals surface area contributed by atoms with E-state index in [0.717, 1.165) is 4.90 Å². The molecule has 3 rings (SSSR count). The first-order valence-electron chi connectivity index (χ1n) is 9.54. The van der Waals surface area contributed by atoms with Crippen LogP contribution in [0.5, 0.6) is 0 Å². The van der Waals surface area contributed by atoms with Crippen molar-refractivity contribution in [2.45, 2.75) is 32.5 Å². The number of carbonyl (C=O) groups excluding carboxylic acids is 3. The number of hydrogen-bond acceptors (Lipinski definition) is 6. The number of fused-ring (bicyclic) bond motifs is 1. The number of carbonyl (C=O) groups is 3. The Morgan fingerprint density at radius 2 is 1.66 bits per heavy atom. The fourth-order valence-electron chi connectivity index (χ4n) is 3.55. The van der Waals surface area contributed by atoms with Crippen LogP contribution in [0.1, 0.15) is 41.0 Å². The van der Waals surface area contributed by atoms with Crippen LogP contribution in [-0.2, 0) is 19.6 Å². The number of nitrogens with zero attached hydrogens (tertiary/aromatic N) is 2. The Balaban J connectivity index is 1.45. The second-order valence-corrected chi connectivity index (χ2v) is 9.39. The molecule has 1 saturated heterocycles. The molecule has 0 saturated carbocycles. The highest BCUT2D eigenvalue weighted by molar-refractivity contribution is 7.89. The number of benzene rings is 1. The molecule has 1 aromatic carbocycles. The third kappa shape index (κ3) is 4.82. The molecule has 0 spiro atoms. The molecule has 10 heteroatoms. The van der Waals surface area contributed by atoms with Crippen molar-refractivity contribution in [2.24, 2.45) is 0 Å². The summed E-state index contributed by atoms with van der Waals surface area (Å²) in [7, 11) is -3.51. The summed E-state index contributed by atoms with van der Waals surface area (Å²) < 4.78 is 31.8. The summed E-state index contributed by atoms with van der Waals surface area (Å²) in [6.07, 6.45) is -0.442. The zero-order valence-corrected chi connectivity index (χ0v) is 17.3. The van der Waals surface area contributed by atoms with E-state index in [9.17, 15) is 22.8 Å². The predicted molar refractivity (Wildman–Crippen MR) is 105 cm³/mol. The monoisotopic (exact) mass is 423 g/mol. The minimum absolute atomic E-state index is 0.0383. The van der Waals surface area contributed by atoms with Crippen LogP contribution in [0.25, 0.3) is 0 Å². The van der Waals surface area contributed by atoms with Gasteiger partial charge < -0.3 is 10.1 Å². The number of nitrogens with one attached hydrogen (secondary N) is 1. The van der Waals surface area contributed by atoms with Crippen LogP contribution in [0.15, 0.2) is 24.3 Å². The SMILES string of the molecule is CC1CN(S(=O)(=O)CCNC(=O)CCN2C(=O)c3ccccc3C2=O)CC(C)O1. The molecule has 0 aliphatic carbocycles. The first kappa shape index (κ1) is 21.4. The number of ether oxygens (including phenoxy) is 1. The molecule has 3 amide bonds. The minimum atomic E-state index is -3.51. The quantitative estimate of drug-likeness (QED) is 0.628. The van der Waals surface area contributed by atoms with Crippen LogP contribution in [0.4, 0.5) is 0 Å². The molecule has 1 aromatic rings. The topological polar surface area (TPSA) is 113 Å². The molecule has 2 heterocycles. The summed E-state index contributed by atoms with van der Waals surface area (Å²) in [4.78, 5) is 37.6. The lowest BCUT2D eigenvalue weighted by Crippen LogP contribution is -2.49. The normalized spacial score (nSPS) is 22.6. The number of hydrogen-bond donors (Lipinski definition) is 1. The van der Waals surface area contributed by atoms with Gasteiger partial charge in [0.05, 0.1) is 29.1 Å². The number of sulfonamides is 1. The van der Waals surface area contributed by atoms with E-state index in [4.69, 9.17) is 4.74 Å². The number of morpholine rings is 1. The Morgan fingerprint density at radius 3 is 2.21 bits per heavy atom. The summed E-state index contributed by atoms with van der Waals surface area (Å²) >= 11 is 0. The first-order valence-corrected chi connectivity index (χ1v) is 11.1. The predicted octanol–water partition coefficient (Wildman–Crippen LogP) is 0.228. The van der Waals surface area contributed by atoms with Crippen molar-refractivity contribution in [1.29, 1.82) is 0 Å². The van der Waals surface area contributed by atoms with E-state index in [-0.39, 0.29) is 37.5 Å². The van der Waals surface area contributed by atoms with Crippen molar-refractivity contribution in [1.82, 2.24) is 14.5 Å². The number of rotatable bonds is 7. The molecule has 158 valence electrons. The van der Waals surface area contributed by atoms with Crippen molar-refractivity contribution >= 4 is 27.7 Å². The maximum Gasteiger partial charge on any atom is 0.261 e. The van der Waals surface area contributed by atoms with Gasteiger partial charge in [0.25, 0.3) is 11.8 Å². The van der Waals surface area contributed by atoms with Crippen molar-refractivity contribution in [2.75, 3.05) is 31.9 Å². The lowest BCUT2D eigenvalue weighted by atomic mass is 10.1.